The van der Waals surface area contributed by atoms with Gasteiger partial charge in [0.15, 0.2) is 0 Å². The van der Waals surface area contributed by atoms with Gasteiger partial charge < -0.3 is 14.8 Å². The zero-order valence-corrected chi connectivity index (χ0v) is 17.0. The lowest BCUT2D eigenvalue weighted by molar-refractivity contribution is 0.415. The topological polar surface area (TPSA) is 79.6 Å². The van der Waals surface area contributed by atoms with Gasteiger partial charge in [0, 0.05) is 11.1 Å². The molecular weight excluding hydrogens is 409 g/mol. The first-order valence-electron chi connectivity index (χ1n) is 9.91. The second-order valence-electron chi connectivity index (χ2n) is 7.21. The largest absolute Gasteiger partial charge is 0.497 e. The van der Waals surface area contributed by atoms with Gasteiger partial charge >= 0.3 is 0 Å². The number of rotatable bonds is 4. The van der Waals surface area contributed by atoms with E-state index in [1.54, 1.807) is 49.6 Å². The Morgan fingerprint density at radius 3 is 2.28 bits per heavy atom. The third-order valence-electron chi connectivity index (χ3n) is 5.33. The molecule has 0 amide bonds. The number of aromatic hydroxyl groups is 1. The highest BCUT2D eigenvalue weighted by molar-refractivity contribution is 5.91. The van der Waals surface area contributed by atoms with Crippen LogP contribution in [0.25, 0.3) is 39.2 Å². The molecule has 7 heteroatoms. The van der Waals surface area contributed by atoms with E-state index in [9.17, 15) is 14.3 Å². The molecule has 0 fully saturated rings. The van der Waals surface area contributed by atoms with E-state index in [1.165, 1.54) is 10.6 Å². The van der Waals surface area contributed by atoms with Gasteiger partial charge in [0.25, 0.3) is 5.56 Å². The number of methoxy groups -OCH3 is 1. The van der Waals surface area contributed by atoms with Gasteiger partial charge in [0.1, 0.15) is 28.5 Å². The normalized spacial score (nSPS) is 11.1. The average molecular weight is 427 g/mol. The fraction of sp³-hybridized carbons (Fsp3) is 0.0400. The average Bonchev–Trinajstić information content (AvgIpc) is 3.20. The van der Waals surface area contributed by atoms with Crippen molar-refractivity contribution in [2.45, 2.75) is 0 Å². The van der Waals surface area contributed by atoms with E-state index in [2.05, 4.69) is 10.1 Å². The van der Waals surface area contributed by atoms with E-state index in [0.29, 0.717) is 28.1 Å². The number of hydrogen-bond donors (Lipinski definition) is 2. The van der Waals surface area contributed by atoms with Crippen LogP contribution in [0.2, 0.25) is 0 Å². The Morgan fingerprint density at radius 1 is 0.906 bits per heavy atom. The molecule has 5 rings (SSSR count). The van der Waals surface area contributed by atoms with Crippen LogP contribution >= 0.6 is 0 Å². The van der Waals surface area contributed by atoms with Crippen molar-refractivity contribution in [3.63, 3.8) is 0 Å². The quantitative estimate of drug-likeness (QED) is 0.429. The number of halogens is 1. The molecule has 0 aliphatic rings. The minimum Gasteiger partial charge on any atom is -0.497 e. The number of aromatic amines is 1. The van der Waals surface area contributed by atoms with Gasteiger partial charge in [-0.25, -0.2) is 4.39 Å². The van der Waals surface area contributed by atoms with Crippen molar-refractivity contribution in [2.75, 3.05) is 7.11 Å². The molecule has 2 aromatic heterocycles. The number of H-pyrrole nitrogens is 1. The van der Waals surface area contributed by atoms with Crippen molar-refractivity contribution in [1.29, 1.82) is 0 Å². The van der Waals surface area contributed by atoms with Crippen LogP contribution in [-0.2, 0) is 0 Å². The van der Waals surface area contributed by atoms with Crippen molar-refractivity contribution in [3.8, 4) is 45.1 Å². The monoisotopic (exact) mass is 427 g/mol. The van der Waals surface area contributed by atoms with Crippen molar-refractivity contribution >= 4 is 5.65 Å². The van der Waals surface area contributed by atoms with E-state index in [0.717, 1.165) is 0 Å². The summed E-state index contributed by atoms with van der Waals surface area (Å²) in [5, 5.41) is 15.3. The van der Waals surface area contributed by atoms with Crippen molar-refractivity contribution < 1.29 is 14.2 Å². The first kappa shape index (κ1) is 19.6. The summed E-state index contributed by atoms with van der Waals surface area (Å²) in [6.45, 7) is 0. The highest BCUT2D eigenvalue weighted by Gasteiger charge is 2.24. The molecule has 158 valence electrons. The minimum atomic E-state index is -0.527. The maximum absolute atomic E-state index is 14.8. The van der Waals surface area contributed by atoms with Crippen molar-refractivity contribution in [3.05, 3.63) is 95.0 Å². The fourth-order valence-corrected chi connectivity index (χ4v) is 3.80. The number of benzene rings is 3. The van der Waals surface area contributed by atoms with Gasteiger partial charge in [0.05, 0.1) is 12.7 Å². The summed E-state index contributed by atoms with van der Waals surface area (Å²) >= 11 is 0. The minimum absolute atomic E-state index is 0.0577. The second-order valence-corrected chi connectivity index (χ2v) is 7.21. The number of nitrogens with zero attached hydrogens (tertiary/aromatic N) is 2. The molecule has 0 unspecified atom stereocenters. The first-order chi connectivity index (χ1) is 15.6. The Bertz CT molecular complexity index is 1490. The zero-order valence-electron chi connectivity index (χ0n) is 17.0. The first-order valence-corrected chi connectivity index (χ1v) is 9.91. The molecule has 0 radical (unpaired) electrons. The van der Waals surface area contributed by atoms with Gasteiger partial charge in [0.2, 0.25) is 5.88 Å². The van der Waals surface area contributed by atoms with Crippen LogP contribution in [0.15, 0.2) is 83.7 Å². The lowest BCUT2D eigenvalue weighted by atomic mass is 10.0. The summed E-state index contributed by atoms with van der Waals surface area (Å²) in [6.07, 6.45) is 0. The molecule has 5 aromatic rings. The second kappa shape index (κ2) is 7.70. The van der Waals surface area contributed by atoms with Crippen LogP contribution in [-0.4, -0.2) is 26.8 Å². The number of ether oxygens (including phenoxy) is 1. The summed E-state index contributed by atoms with van der Waals surface area (Å²) < 4.78 is 21.1. The summed E-state index contributed by atoms with van der Waals surface area (Å²) in [4.78, 5) is 16.3. The van der Waals surface area contributed by atoms with Gasteiger partial charge in [-0.3, -0.25) is 4.79 Å². The van der Waals surface area contributed by atoms with Crippen LogP contribution in [0.1, 0.15) is 0 Å². The molecule has 0 saturated heterocycles. The molecule has 0 bridgehead atoms. The molecular formula is C25H18FN3O3. The number of aromatic nitrogens is 3. The Balaban J connectivity index is 1.84. The Kier molecular flexibility index (Phi) is 4.71. The highest BCUT2D eigenvalue weighted by Crippen LogP contribution is 2.37. The molecule has 2 heterocycles. The molecule has 32 heavy (non-hydrogen) atoms. The van der Waals surface area contributed by atoms with E-state index >= 15 is 0 Å². The van der Waals surface area contributed by atoms with Gasteiger partial charge in [-0.2, -0.15) is 9.61 Å². The predicted octanol–water partition coefficient (Wildman–Crippen LogP) is 4.88. The third-order valence-corrected chi connectivity index (χ3v) is 5.33. The molecule has 0 saturated carbocycles. The van der Waals surface area contributed by atoms with Crippen LogP contribution < -0.4 is 10.3 Å². The highest BCUT2D eigenvalue weighted by atomic mass is 19.1. The molecule has 0 atom stereocenters. The standard InChI is InChI=1S/C25H18FN3O3/c1-32-17-13-11-15(12-14-17)20-24(30)27-23-21(18-9-5-6-10-19(18)26)22(28-29(23)25(20)31)16-7-3-2-4-8-16/h2-14,27,30H,1H3. The predicted molar refractivity (Wildman–Crippen MR) is 120 cm³/mol. The van der Waals surface area contributed by atoms with Crippen LogP contribution in [0.3, 0.4) is 0 Å². The summed E-state index contributed by atoms with van der Waals surface area (Å²) in [5.74, 6) is -0.165. The summed E-state index contributed by atoms with van der Waals surface area (Å²) in [6, 6.07) is 22.2. The molecule has 6 nitrogen and oxygen atoms in total. The van der Waals surface area contributed by atoms with Crippen LogP contribution in [0, 0.1) is 5.82 Å². The van der Waals surface area contributed by atoms with Crippen molar-refractivity contribution in [2.24, 2.45) is 0 Å². The molecule has 3 aromatic carbocycles. The fourth-order valence-electron chi connectivity index (χ4n) is 3.80. The molecule has 0 aliphatic heterocycles. The maximum Gasteiger partial charge on any atom is 0.286 e. The maximum atomic E-state index is 14.8. The Hall–Kier alpha value is -4.39. The third kappa shape index (κ3) is 3.11. The number of hydrogen-bond acceptors (Lipinski definition) is 4. The molecule has 2 N–H and O–H groups in total. The van der Waals surface area contributed by atoms with E-state index < -0.39 is 11.4 Å². The van der Waals surface area contributed by atoms with Gasteiger partial charge in [-0.15, -0.1) is 0 Å². The lowest BCUT2D eigenvalue weighted by Crippen LogP contribution is -2.17. The van der Waals surface area contributed by atoms with E-state index in [4.69, 9.17) is 4.74 Å². The lowest BCUT2D eigenvalue weighted by Gasteiger charge is -2.08. The molecule has 0 spiro atoms. The number of nitrogens with one attached hydrogen (secondary N) is 1. The smallest absolute Gasteiger partial charge is 0.286 e. The molecule has 0 aliphatic carbocycles. The van der Waals surface area contributed by atoms with Crippen LogP contribution in [0.5, 0.6) is 11.6 Å². The van der Waals surface area contributed by atoms with Gasteiger partial charge in [-0.05, 0) is 23.8 Å². The summed E-state index contributed by atoms with van der Waals surface area (Å²) in [5.41, 5.74) is 2.03. The Morgan fingerprint density at radius 2 is 1.59 bits per heavy atom. The zero-order chi connectivity index (χ0) is 22.2. The van der Waals surface area contributed by atoms with Crippen LogP contribution in [0.4, 0.5) is 4.39 Å². The Labute approximate surface area is 182 Å². The van der Waals surface area contributed by atoms with Crippen molar-refractivity contribution in [1.82, 2.24) is 14.6 Å². The van der Waals surface area contributed by atoms with Gasteiger partial charge in [-0.1, -0.05) is 60.7 Å². The number of fused-ring (bicyclic) bond motifs is 1. The van der Waals surface area contributed by atoms with E-state index in [1.807, 2.05) is 30.3 Å². The van der Waals surface area contributed by atoms with E-state index in [-0.39, 0.29) is 22.7 Å². The summed E-state index contributed by atoms with van der Waals surface area (Å²) in [7, 11) is 1.55. The SMILES string of the molecule is COc1ccc(-c2c(O)[nH]c3c(-c4ccccc4F)c(-c4ccccc4)nn3c2=O)cc1.